The van der Waals surface area contributed by atoms with Gasteiger partial charge in [0.2, 0.25) is 5.91 Å². The predicted octanol–water partition coefficient (Wildman–Crippen LogP) is 26.7. The summed E-state index contributed by atoms with van der Waals surface area (Å²) >= 11 is 0. The lowest BCUT2D eigenvalue weighted by Crippen LogP contribution is -2.46. The molecule has 542 valence electrons. The first-order valence-electron chi connectivity index (χ1n) is 40.7. The van der Waals surface area contributed by atoms with E-state index in [9.17, 15) is 19.4 Å². The Morgan fingerprint density at radius 2 is 0.652 bits per heavy atom. The summed E-state index contributed by atoms with van der Waals surface area (Å²) in [7, 11) is 1.64. The highest BCUT2D eigenvalue weighted by Gasteiger charge is 2.28. The van der Waals surface area contributed by atoms with Crippen LogP contribution >= 0.6 is 7.82 Å². The lowest BCUT2D eigenvalue weighted by molar-refractivity contribution is -0.870. The molecule has 0 aliphatic rings. The lowest BCUT2D eigenvalue weighted by Gasteiger charge is -2.26. The Bertz CT molecular complexity index is 1690. The van der Waals surface area contributed by atoms with Crippen LogP contribution in [0, 0.1) is 0 Å². The van der Waals surface area contributed by atoms with Crippen LogP contribution in [0.3, 0.4) is 0 Å². The number of hydrogen-bond donors (Lipinski definition) is 3. The molecule has 0 saturated heterocycles. The predicted molar refractivity (Wildman–Crippen MR) is 406 cm³/mol. The fraction of sp³-hybridized carbons (Fsp3) is 0.867. The number of aliphatic hydroxyl groups excluding tert-OH is 1. The summed E-state index contributed by atoms with van der Waals surface area (Å²) in [5, 5.41) is 14.2. The van der Waals surface area contributed by atoms with Gasteiger partial charge in [0, 0.05) is 6.42 Å². The third-order valence-corrected chi connectivity index (χ3v) is 19.8. The number of phosphoric acid groups is 1. The zero-order valence-electron chi connectivity index (χ0n) is 62.3. The Balaban J connectivity index is 3.89. The second kappa shape index (κ2) is 73.4. The average molecular weight is 1310 g/mol. The molecular formula is C83H160N2O6P+. The maximum atomic E-state index is 13.1. The van der Waals surface area contributed by atoms with E-state index in [0.717, 1.165) is 70.6 Å². The van der Waals surface area contributed by atoms with Crippen molar-refractivity contribution >= 4 is 13.7 Å². The summed E-state index contributed by atoms with van der Waals surface area (Å²) in [6.07, 6.45) is 102. The Morgan fingerprint density at radius 1 is 0.380 bits per heavy atom. The van der Waals surface area contributed by atoms with E-state index < -0.39 is 20.0 Å². The number of aliphatic hydroxyl groups is 1. The van der Waals surface area contributed by atoms with Crippen LogP contribution < -0.4 is 5.32 Å². The number of carbonyl (C=O) groups is 1. The van der Waals surface area contributed by atoms with E-state index in [1.54, 1.807) is 0 Å². The number of hydrogen-bond acceptors (Lipinski definition) is 5. The van der Waals surface area contributed by atoms with Crippen LogP contribution in [-0.4, -0.2) is 73.4 Å². The monoisotopic (exact) mass is 1310 g/mol. The molecule has 0 aromatic heterocycles. The maximum Gasteiger partial charge on any atom is 0.472 e. The molecule has 0 aromatic carbocycles. The van der Waals surface area contributed by atoms with Crippen LogP contribution in [0.2, 0.25) is 0 Å². The first-order valence-corrected chi connectivity index (χ1v) is 42.1. The molecule has 0 spiro atoms. The van der Waals surface area contributed by atoms with Crippen molar-refractivity contribution in [2.24, 2.45) is 0 Å². The molecule has 0 fully saturated rings. The van der Waals surface area contributed by atoms with Crippen molar-refractivity contribution < 1.29 is 32.9 Å². The third kappa shape index (κ3) is 75.6. The second-order valence-electron chi connectivity index (χ2n) is 29.1. The summed E-state index contributed by atoms with van der Waals surface area (Å²) in [5.74, 6) is -0.135. The maximum absolute atomic E-state index is 13.1. The van der Waals surface area contributed by atoms with Crippen molar-refractivity contribution in [1.82, 2.24) is 5.32 Å². The zero-order chi connectivity index (χ0) is 66.9. The highest BCUT2D eigenvalue weighted by molar-refractivity contribution is 7.47. The largest absolute Gasteiger partial charge is 0.472 e. The fourth-order valence-electron chi connectivity index (χ4n) is 12.6. The molecule has 3 unspecified atom stereocenters. The van der Waals surface area contributed by atoms with Gasteiger partial charge in [0.15, 0.2) is 0 Å². The molecule has 1 amide bonds. The van der Waals surface area contributed by atoms with Crippen molar-refractivity contribution in [2.45, 2.75) is 424 Å². The molecule has 0 aliphatic heterocycles. The topological polar surface area (TPSA) is 105 Å². The van der Waals surface area contributed by atoms with Gasteiger partial charge in [-0.1, -0.05) is 408 Å². The molecule has 0 aliphatic carbocycles. The Hall–Kier alpha value is -1.80. The van der Waals surface area contributed by atoms with Gasteiger partial charge < -0.3 is 19.8 Å². The number of likely N-dealkylation sites (N-methyl/N-ethyl adjacent to an activating group) is 1. The van der Waals surface area contributed by atoms with Gasteiger partial charge >= 0.3 is 7.82 Å². The van der Waals surface area contributed by atoms with Crippen LogP contribution in [0.4, 0.5) is 0 Å². The van der Waals surface area contributed by atoms with E-state index in [1.807, 2.05) is 21.1 Å². The molecule has 9 heteroatoms. The van der Waals surface area contributed by atoms with Gasteiger partial charge in [0.25, 0.3) is 0 Å². The van der Waals surface area contributed by atoms with Gasteiger partial charge in [-0.25, -0.2) is 4.57 Å². The number of nitrogens with zero attached hydrogens (tertiary/aromatic N) is 1. The van der Waals surface area contributed by atoms with Gasteiger partial charge in [-0.15, -0.1) is 0 Å². The van der Waals surface area contributed by atoms with Gasteiger partial charge in [-0.2, -0.15) is 0 Å². The summed E-state index contributed by atoms with van der Waals surface area (Å²) in [4.78, 5) is 23.5. The summed E-state index contributed by atoms with van der Waals surface area (Å²) in [6.45, 7) is 4.84. The first-order chi connectivity index (χ1) is 45.0. The molecule has 8 nitrogen and oxygen atoms in total. The van der Waals surface area contributed by atoms with E-state index in [-0.39, 0.29) is 19.1 Å². The number of phosphoric ester groups is 1. The minimum Gasteiger partial charge on any atom is -0.391 e. The molecule has 92 heavy (non-hydrogen) atoms. The zero-order valence-corrected chi connectivity index (χ0v) is 63.2. The Labute approximate surface area is 574 Å². The molecule has 0 aromatic rings. The SMILES string of the molecule is CC/C=C\C/C=C\C/C=C\C/C=C\C/C=C\CCCCCCCCCCCCCCCCCCCCCCCCCCCC(=O)NC(COP(=O)(O)OCC[N+](C)(C)C)C(O)CCCCCCCCCCCCCCCCCCCCCCCCCCCCCCC. The van der Waals surface area contributed by atoms with Gasteiger partial charge in [0.1, 0.15) is 13.2 Å². The number of amides is 1. The van der Waals surface area contributed by atoms with Crippen LogP contribution in [0.5, 0.6) is 0 Å². The van der Waals surface area contributed by atoms with Crippen molar-refractivity contribution in [1.29, 1.82) is 0 Å². The van der Waals surface area contributed by atoms with Crippen LogP contribution in [0.1, 0.15) is 412 Å². The Morgan fingerprint density at radius 3 is 0.957 bits per heavy atom. The third-order valence-electron chi connectivity index (χ3n) is 18.8. The number of unbranched alkanes of at least 4 members (excludes halogenated alkanes) is 53. The standard InChI is InChI=1S/C83H159N2O6P/c1-6-8-10-12-14-16-18-20-22-24-26-28-30-32-34-36-37-38-39-40-41-42-43-44-45-46-47-49-51-53-55-57-59-61-63-65-67-69-71-73-75-77-83(87)84-81(80-91-92(88,89)90-79-78-85(3,4)5)82(86)76-74-72-70-68-66-64-62-60-58-56-54-52-50-48-35-33-31-29-27-25-23-21-19-17-15-13-11-9-7-2/h8,10,14,16,20,22,26,28,32,34,81-82,86H,6-7,9,11-13,15,17-19,21,23-25,27,29-31,33,35-80H2,1-5H3,(H-,84,87,88,89)/p+1/b10-8-,16-14-,22-20-,28-26-,34-32-. The second-order valence-corrected chi connectivity index (χ2v) is 30.6. The van der Waals surface area contributed by atoms with Crippen LogP contribution in [0.15, 0.2) is 60.8 Å². The number of rotatable bonds is 76. The van der Waals surface area contributed by atoms with Gasteiger partial charge in [0.05, 0.1) is 39.9 Å². The van der Waals surface area contributed by atoms with Crippen molar-refractivity contribution in [3.05, 3.63) is 60.8 Å². The number of carbonyl (C=O) groups excluding carboxylic acids is 1. The molecule has 0 heterocycles. The van der Waals surface area contributed by atoms with E-state index in [1.165, 1.54) is 315 Å². The normalized spacial score (nSPS) is 13.8. The molecular weight excluding hydrogens is 1150 g/mol. The molecule has 0 bridgehead atoms. The van der Waals surface area contributed by atoms with E-state index in [0.29, 0.717) is 23.9 Å². The molecule has 0 radical (unpaired) electrons. The summed E-state index contributed by atoms with van der Waals surface area (Å²) < 4.78 is 24.0. The van der Waals surface area contributed by atoms with Gasteiger partial charge in [-0.3, -0.25) is 13.8 Å². The number of nitrogens with one attached hydrogen (secondary N) is 1. The highest BCUT2D eigenvalue weighted by Crippen LogP contribution is 2.43. The van der Waals surface area contributed by atoms with Gasteiger partial charge in [-0.05, 0) is 57.8 Å². The fourth-order valence-corrected chi connectivity index (χ4v) is 13.3. The van der Waals surface area contributed by atoms with Crippen LogP contribution in [0.25, 0.3) is 0 Å². The quantitative estimate of drug-likeness (QED) is 0.0243. The van der Waals surface area contributed by atoms with Crippen molar-refractivity contribution in [2.75, 3.05) is 40.9 Å². The van der Waals surface area contributed by atoms with E-state index in [2.05, 4.69) is 79.9 Å². The van der Waals surface area contributed by atoms with Crippen LogP contribution in [-0.2, 0) is 18.4 Å². The highest BCUT2D eigenvalue weighted by atomic mass is 31.2. The number of quaternary nitrogens is 1. The van der Waals surface area contributed by atoms with E-state index in [4.69, 9.17) is 9.05 Å². The lowest BCUT2D eigenvalue weighted by atomic mass is 10.0. The minimum atomic E-state index is -4.33. The first kappa shape index (κ1) is 90.2. The summed E-state index contributed by atoms with van der Waals surface area (Å²) in [5.41, 5.74) is 0. The van der Waals surface area contributed by atoms with Crippen molar-refractivity contribution in [3.63, 3.8) is 0 Å². The van der Waals surface area contributed by atoms with Crippen molar-refractivity contribution in [3.8, 4) is 0 Å². The average Bonchev–Trinajstić information content (AvgIpc) is 2.63. The number of allylic oxidation sites excluding steroid dienone is 10. The minimum absolute atomic E-state index is 0.0768. The summed E-state index contributed by atoms with van der Waals surface area (Å²) in [6, 6.07) is -0.762. The molecule has 0 saturated carbocycles. The molecule has 0 rings (SSSR count). The Kier molecular flexibility index (Phi) is 72.0. The molecule has 3 atom stereocenters. The van der Waals surface area contributed by atoms with E-state index >= 15 is 0 Å². The smallest absolute Gasteiger partial charge is 0.391 e. The molecule has 3 N–H and O–H groups in total.